The van der Waals surface area contributed by atoms with E-state index in [9.17, 15) is 18.4 Å². The van der Waals surface area contributed by atoms with Crippen LogP contribution in [0.15, 0.2) is 24.3 Å². The number of halogens is 2. The van der Waals surface area contributed by atoms with E-state index in [-0.39, 0.29) is 23.7 Å². The number of carbonyl (C=O) groups excluding carboxylic acids is 1. The molecular weight excluding hydrogens is 284 g/mol. The van der Waals surface area contributed by atoms with Crippen LogP contribution in [0, 0.1) is 5.92 Å². The normalized spacial score (nSPS) is 15.6. The van der Waals surface area contributed by atoms with Crippen LogP contribution < -0.4 is 10.1 Å². The van der Waals surface area contributed by atoms with Gasteiger partial charge in [-0.3, -0.25) is 4.79 Å². The Morgan fingerprint density at radius 3 is 2.57 bits per heavy atom. The first-order valence-corrected chi connectivity index (χ1v) is 6.52. The number of nitrogens with one attached hydrogen (secondary N) is 1. The van der Waals surface area contributed by atoms with Crippen LogP contribution >= 0.6 is 0 Å². The first-order chi connectivity index (χ1) is 9.97. The first kappa shape index (κ1) is 15.2. The van der Waals surface area contributed by atoms with Crippen molar-refractivity contribution in [1.29, 1.82) is 0 Å². The van der Waals surface area contributed by atoms with E-state index in [0.29, 0.717) is 0 Å². The van der Waals surface area contributed by atoms with Crippen LogP contribution in [0.3, 0.4) is 0 Å². The fourth-order valence-corrected chi connectivity index (χ4v) is 2.07. The number of ether oxygens (including phenoxy) is 1. The number of amides is 1. The van der Waals surface area contributed by atoms with Gasteiger partial charge in [0.1, 0.15) is 11.8 Å². The molecular formula is C14H15F2NO4. The highest BCUT2D eigenvalue weighted by Crippen LogP contribution is 2.32. The summed E-state index contributed by atoms with van der Waals surface area (Å²) >= 11 is 0. The summed E-state index contributed by atoms with van der Waals surface area (Å²) in [7, 11) is 0. The molecule has 21 heavy (non-hydrogen) atoms. The molecule has 1 atom stereocenters. The lowest BCUT2D eigenvalue weighted by Gasteiger charge is -2.15. The maximum atomic E-state index is 12.3. The minimum absolute atomic E-state index is 0.0426. The molecule has 1 fully saturated rings. The fraction of sp³-hybridized carbons (Fsp3) is 0.429. The number of rotatable bonds is 7. The molecule has 114 valence electrons. The molecule has 1 aromatic rings. The van der Waals surface area contributed by atoms with Crippen molar-refractivity contribution < 1.29 is 28.2 Å². The molecule has 2 N–H and O–H groups in total. The van der Waals surface area contributed by atoms with E-state index in [0.717, 1.165) is 12.8 Å². The van der Waals surface area contributed by atoms with Crippen molar-refractivity contribution in [3.63, 3.8) is 0 Å². The maximum absolute atomic E-state index is 12.3. The van der Waals surface area contributed by atoms with Crippen LogP contribution in [-0.4, -0.2) is 29.6 Å². The molecule has 1 saturated carbocycles. The highest BCUT2D eigenvalue weighted by Gasteiger charge is 2.37. The minimum Gasteiger partial charge on any atom is -0.480 e. The van der Waals surface area contributed by atoms with Gasteiger partial charge in [-0.15, -0.1) is 0 Å². The zero-order chi connectivity index (χ0) is 15.4. The van der Waals surface area contributed by atoms with Crippen LogP contribution in [0.4, 0.5) is 8.78 Å². The standard InChI is InChI=1S/C14H15F2NO4/c15-14(16)21-10-4-2-1-3-9(10)7-11(18)17-12(13(19)20)8-5-6-8/h1-4,8,12,14H,5-7H2,(H,17,18)(H,19,20). The van der Waals surface area contributed by atoms with Crippen LogP contribution in [0.5, 0.6) is 5.75 Å². The summed E-state index contributed by atoms with van der Waals surface area (Å²) < 4.78 is 28.9. The molecule has 0 aromatic heterocycles. The van der Waals surface area contributed by atoms with Crippen molar-refractivity contribution in [2.75, 3.05) is 0 Å². The molecule has 0 saturated heterocycles. The van der Waals surface area contributed by atoms with Gasteiger partial charge in [0.05, 0.1) is 6.42 Å². The number of para-hydroxylation sites is 1. The molecule has 0 aliphatic heterocycles. The summed E-state index contributed by atoms with van der Waals surface area (Å²) in [5.41, 5.74) is 0.287. The van der Waals surface area contributed by atoms with E-state index in [2.05, 4.69) is 10.1 Å². The summed E-state index contributed by atoms with van der Waals surface area (Å²) in [6, 6.07) is 5.02. The minimum atomic E-state index is -2.98. The highest BCUT2D eigenvalue weighted by atomic mass is 19.3. The highest BCUT2D eigenvalue weighted by molar-refractivity contribution is 5.85. The van der Waals surface area contributed by atoms with Crippen LogP contribution in [0.1, 0.15) is 18.4 Å². The largest absolute Gasteiger partial charge is 0.480 e. The number of carboxylic acids is 1. The molecule has 0 radical (unpaired) electrons. The Balaban J connectivity index is 2.00. The van der Waals surface area contributed by atoms with Gasteiger partial charge in [0.2, 0.25) is 5.91 Å². The van der Waals surface area contributed by atoms with Gasteiger partial charge in [0, 0.05) is 5.56 Å². The zero-order valence-electron chi connectivity index (χ0n) is 11.1. The van der Waals surface area contributed by atoms with Gasteiger partial charge in [0.25, 0.3) is 0 Å². The number of hydrogen-bond donors (Lipinski definition) is 2. The molecule has 5 nitrogen and oxygen atoms in total. The predicted molar refractivity (Wildman–Crippen MR) is 69.1 cm³/mol. The number of aliphatic carboxylic acids is 1. The van der Waals surface area contributed by atoms with E-state index in [1.54, 1.807) is 6.07 Å². The lowest BCUT2D eigenvalue weighted by atomic mass is 10.1. The quantitative estimate of drug-likeness (QED) is 0.805. The number of carboxylic acid groups (broad SMARTS) is 1. The van der Waals surface area contributed by atoms with Crippen LogP contribution in [0.2, 0.25) is 0 Å². The Labute approximate surface area is 119 Å². The van der Waals surface area contributed by atoms with Crippen molar-refractivity contribution in [1.82, 2.24) is 5.32 Å². The smallest absolute Gasteiger partial charge is 0.387 e. The summed E-state index contributed by atoms with van der Waals surface area (Å²) in [5, 5.41) is 11.5. The molecule has 0 heterocycles. The summed E-state index contributed by atoms with van der Waals surface area (Å²) in [5.74, 6) is -1.73. The van der Waals surface area contributed by atoms with Crippen molar-refractivity contribution in [3.8, 4) is 5.75 Å². The van der Waals surface area contributed by atoms with E-state index < -0.39 is 24.5 Å². The topological polar surface area (TPSA) is 75.6 Å². The molecule has 1 aliphatic rings. The fourth-order valence-electron chi connectivity index (χ4n) is 2.07. The third-order valence-electron chi connectivity index (χ3n) is 3.22. The molecule has 7 heteroatoms. The second-order valence-corrected chi connectivity index (χ2v) is 4.88. The average Bonchev–Trinajstić information content (AvgIpc) is 3.21. The third-order valence-corrected chi connectivity index (χ3v) is 3.22. The lowest BCUT2D eigenvalue weighted by Crippen LogP contribution is -2.43. The van der Waals surface area contributed by atoms with Gasteiger partial charge < -0.3 is 15.2 Å². The Morgan fingerprint density at radius 2 is 2.00 bits per heavy atom. The number of benzene rings is 1. The summed E-state index contributed by atoms with van der Waals surface area (Å²) in [4.78, 5) is 22.9. The second-order valence-electron chi connectivity index (χ2n) is 4.88. The zero-order valence-corrected chi connectivity index (χ0v) is 11.1. The number of alkyl halides is 2. The van der Waals surface area contributed by atoms with E-state index in [1.165, 1.54) is 18.2 Å². The van der Waals surface area contributed by atoms with Gasteiger partial charge in [-0.2, -0.15) is 8.78 Å². The van der Waals surface area contributed by atoms with Gasteiger partial charge in [-0.1, -0.05) is 18.2 Å². The molecule has 2 rings (SSSR count). The Hall–Kier alpha value is -2.18. The van der Waals surface area contributed by atoms with Crippen molar-refractivity contribution in [2.45, 2.75) is 31.9 Å². The number of carbonyl (C=O) groups is 2. The Kier molecular flexibility index (Phi) is 4.72. The predicted octanol–water partition coefficient (Wildman–Crippen LogP) is 1.81. The SMILES string of the molecule is O=C(Cc1ccccc1OC(F)F)NC(C(=O)O)C1CC1. The van der Waals surface area contributed by atoms with Gasteiger partial charge in [-0.25, -0.2) is 4.79 Å². The average molecular weight is 299 g/mol. The van der Waals surface area contributed by atoms with Gasteiger partial charge in [0.15, 0.2) is 0 Å². The Bertz CT molecular complexity index is 531. The van der Waals surface area contributed by atoms with Crippen molar-refractivity contribution >= 4 is 11.9 Å². The molecule has 0 bridgehead atoms. The first-order valence-electron chi connectivity index (χ1n) is 6.52. The summed E-state index contributed by atoms with van der Waals surface area (Å²) in [6.45, 7) is -2.98. The monoisotopic (exact) mass is 299 g/mol. The van der Waals surface area contributed by atoms with E-state index >= 15 is 0 Å². The Morgan fingerprint density at radius 1 is 1.33 bits per heavy atom. The van der Waals surface area contributed by atoms with Crippen LogP contribution in [0.25, 0.3) is 0 Å². The second kappa shape index (κ2) is 6.51. The number of hydrogen-bond acceptors (Lipinski definition) is 3. The molecule has 1 aromatic carbocycles. The van der Waals surface area contributed by atoms with Crippen molar-refractivity contribution in [3.05, 3.63) is 29.8 Å². The maximum Gasteiger partial charge on any atom is 0.387 e. The van der Waals surface area contributed by atoms with E-state index in [1.807, 2.05) is 0 Å². The van der Waals surface area contributed by atoms with E-state index in [4.69, 9.17) is 5.11 Å². The van der Waals surface area contributed by atoms with Crippen molar-refractivity contribution in [2.24, 2.45) is 5.92 Å². The lowest BCUT2D eigenvalue weighted by molar-refractivity contribution is -0.142. The molecule has 1 amide bonds. The summed E-state index contributed by atoms with van der Waals surface area (Å²) in [6.07, 6.45) is 1.32. The molecule has 1 aliphatic carbocycles. The van der Waals surface area contributed by atoms with Gasteiger partial charge in [-0.05, 0) is 24.8 Å². The molecule has 1 unspecified atom stereocenters. The van der Waals surface area contributed by atoms with Gasteiger partial charge >= 0.3 is 12.6 Å². The van der Waals surface area contributed by atoms with Crippen LogP contribution in [-0.2, 0) is 16.0 Å². The third kappa shape index (κ3) is 4.40. The molecule has 0 spiro atoms.